The fourth-order valence-electron chi connectivity index (χ4n) is 1.47. The van der Waals surface area contributed by atoms with Crippen LogP contribution in [0.2, 0.25) is 0 Å². The van der Waals surface area contributed by atoms with Gasteiger partial charge in [-0.25, -0.2) is 0 Å². The van der Waals surface area contributed by atoms with E-state index in [9.17, 15) is 4.79 Å². The minimum atomic E-state index is -0.0488. The minimum Gasteiger partial charge on any atom is -0.455 e. The Kier molecular flexibility index (Phi) is 5.39. The average Bonchev–Trinajstić information content (AvgIpc) is 2.78. The van der Waals surface area contributed by atoms with Gasteiger partial charge in [0.05, 0.1) is 5.88 Å². The Labute approximate surface area is 101 Å². The zero-order chi connectivity index (χ0) is 12.0. The van der Waals surface area contributed by atoms with Gasteiger partial charge in [-0.1, -0.05) is 13.3 Å². The summed E-state index contributed by atoms with van der Waals surface area (Å²) in [5.74, 6) is 1.27. The van der Waals surface area contributed by atoms with E-state index in [-0.39, 0.29) is 5.91 Å². The molecule has 0 aliphatic rings. The third-order valence-electron chi connectivity index (χ3n) is 2.45. The lowest BCUT2D eigenvalue weighted by atomic mass is 10.3. The first-order valence-corrected chi connectivity index (χ1v) is 6.20. The van der Waals surface area contributed by atoms with Crippen molar-refractivity contribution in [2.75, 3.05) is 13.1 Å². The summed E-state index contributed by atoms with van der Waals surface area (Å²) in [4.78, 5) is 13.8. The van der Waals surface area contributed by atoms with Crippen molar-refractivity contribution < 1.29 is 9.21 Å². The number of alkyl halides is 1. The van der Waals surface area contributed by atoms with Crippen molar-refractivity contribution in [1.29, 1.82) is 0 Å². The second kappa shape index (κ2) is 6.59. The summed E-state index contributed by atoms with van der Waals surface area (Å²) in [6.45, 7) is 5.56. The number of unbranched alkanes of at least 4 members (excludes halogenated alkanes) is 1. The number of carbonyl (C=O) groups is 1. The topological polar surface area (TPSA) is 33.5 Å². The van der Waals surface area contributed by atoms with Crippen LogP contribution >= 0.6 is 11.6 Å². The van der Waals surface area contributed by atoms with Crippen LogP contribution in [0.5, 0.6) is 0 Å². The minimum absolute atomic E-state index is 0.0488. The molecule has 3 nitrogen and oxygen atoms in total. The normalized spacial score (nSPS) is 10.4. The monoisotopic (exact) mass is 243 g/mol. The lowest BCUT2D eigenvalue weighted by molar-refractivity contribution is 0.0729. The van der Waals surface area contributed by atoms with Gasteiger partial charge in [0.15, 0.2) is 5.76 Å². The summed E-state index contributed by atoms with van der Waals surface area (Å²) < 4.78 is 5.33. The molecule has 1 heterocycles. The molecule has 0 saturated carbocycles. The molecule has 0 spiro atoms. The molecule has 0 unspecified atom stereocenters. The lowest BCUT2D eigenvalue weighted by Crippen LogP contribution is -2.31. The highest BCUT2D eigenvalue weighted by atomic mass is 35.5. The predicted molar refractivity (Wildman–Crippen MR) is 64.8 cm³/mol. The predicted octanol–water partition coefficient (Wildman–Crippen LogP) is 3.28. The van der Waals surface area contributed by atoms with E-state index in [1.165, 1.54) is 0 Å². The summed E-state index contributed by atoms with van der Waals surface area (Å²) in [5, 5.41) is 0. The number of nitrogens with zero attached hydrogens (tertiary/aromatic N) is 1. The van der Waals surface area contributed by atoms with Gasteiger partial charge in [-0.2, -0.15) is 0 Å². The Morgan fingerprint density at radius 3 is 2.69 bits per heavy atom. The molecular formula is C12H18ClNO2. The Morgan fingerprint density at radius 2 is 2.19 bits per heavy atom. The van der Waals surface area contributed by atoms with Crippen molar-refractivity contribution >= 4 is 17.5 Å². The van der Waals surface area contributed by atoms with Gasteiger partial charge in [-0.05, 0) is 25.5 Å². The van der Waals surface area contributed by atoms with Gasteiger partial charge in [0.25, 0.3) is 5.91 Å². The SMILES string of the molecule is CCCCN(CC)C(=O)c1ccc(CCl)o1. The van der Waals surface area contributed by atoms with Gasteiger partial charge in [0.2, 0.25) is 0 Å². The van der Waals surface area contributed by atoms with Crippen LogP contribution < -0.4 is 0 Å². The maximum Gasteiger partial charge on any atom is 0.289 e. The number of carbonyl (C=O) groups excluding carboxylic acids is 1. The van der Waals surface area contributed by atoms with E-state index in [0.29, 0.717) is 23.9 Å². The molecular weight excluding hydrogens is 226 g/mol. The average molecular weight is 244 g/mol. The molecule has 0 saturated heterocycles. The third-order valence-corrected chi connectivity index (χ3v) is 2.72. The molecule has 1 aromatic heterocycles. The van der Waals surface area contributed by atoms with Crippen LogP contribution in [0, 0.1) is 0 Å². The van der Waals surface area contributed by atoms with Crippen LogP contribution in [-0.2, 0) is 5.88 Å². The van der Waals surface area contributed by atoms with E-state index in [1.807, 2.05) is 6.92 Å². The van der Waals surface area contributed by atoms with Gasteiger partial charge >= 0.3 is 0 Å². The molecule has 0 aromatic carbocycles. The van der Waals surface area contributed by atoms with Gasteiger partial charge in [0.1, 0.15) is 5.76 Å². The van der Waals surface area contributed by atoms with E-state index in [4.69, 9.17) is 16.0 Å². The van der Waals surface area contributed by atoms with E-state index in [0.717, 1.165) is 19.4 Å². The summed E-state index contributed by atoms with van der Waals surface area (Å²) in [6.07, 6.45) is 2.09. The van der Waals surface area contributed by atoms with Crippen LogP contribution in [-0.4, -0.2) is 23.9 Å². The number of furan rings is 1. The Hall–Kier alpha value is -0.960. The fraction of sp³-hybridized carbons (Fsp3) is 0.583. The number of rotatable bonds is 6. The molecule has 16 heavy (non-hydrogen) atoms. The summed E-state index contributed by atoms with van der Waals surface area (Å²) >= 11 is 5.62. The van der Waals surface area contributed by atoms with E-state index < -0.39 is 0 Å². The largest absolute Gasteiger partial charge is 0.455 e. The molecule has 0 radical (unpaired) electrons. The highest BCUT2D eigenvalue weighted by Gasteiger charge is 2.17. The number of hydrogen-bond donors (Lipinski definition) is 0. The summed E-state index contributed by atoms with van der Waals surface area (Å²) in [5.41, 5.74) is 0. The van der Waals surface area contributed by atoms with Crippen LogP contribution in [0.1, 0.15) is 43.0 Å². The molecule has 0 aliphatic heterocycles. The highest BCUT2D eigenvalue weighted by molar-refractivity contribution is 6.16. The van der Waals surface area contributed by atoms with Gasteiger partial charge in [-0.15, -0.1) is 11.6 Å². The van der Waals surface area contributed by atoms with E-state index >= 15 is 0 Å². The van der Waals surface area contributed by atoms with E-state index in [1.54, 1.807) is 17.0 Å². The first-order chi connectivity index (χ1) is 7.72. The first kappa shape index (κ1) is 13.1. The summed E-state index contributed by atoms with van der Waals surface area (Å²) in [6, 6.07) is 3.43. The van der Waals surface area contributed by atoms with Crippen molar-refractivity contribution in [3.63, 3.8) is 0 Å². The first-order valence-electron chi connectivity index (χ1n) is 5.66. The van der Waals surface area contributed by atoms with Gasteiger partial charge in [0, 0.05) is 13.1 Å². The van der Waals surface area contributed by atoms with Crippen molar-refractivity contribution in [1.82, 2.24) is 4.90 Å². The van der Waals surface area contributed by atoms with Crippen LogP contribution in [0.15, 0.2) is 16.5 Å². The van der Waals surface area contributed by atoms with E-state index in [2.05, 4.69) is 6.92 Å². The zero-order valence-electron chi connectivity index (χ0n) is 9.83. The maximum absolute atomic E-state index is 12.0. The quantitative estimate of drug-likeness (QED) is 0.719. The van der Waals surface area contributed by atoms with Crippen molar-refractivity contribution in [2.24, 2.45) is 0 Å². The maximum atomic E-state index is 12.0. The fourth-order valence-corrected chi connectivity index (χ4v) is 1.62. The molecule has 0 aliphatic carbocycles. The molecule has 4 heteroatoms. The molecule has 90 valence electrons. The number of amides is 1. The van der Waals surface area contributed by atoms with Crippen molar-refractivity contribution in [2.45, 2.75) is 32.6 Å². The second-order valence-corrected chi connectivity index (χ2v) is 3.91. The van der Waals surface area contributed by atoms with Gasteiger partial charge < -0.3 is 9.32 Å². The highest BCUT2D eigenvalue weighted by Crippen LogP contribution is 2.13. The van der Waals surface area contributed by atoms with Crippen molar-refractivity contribution in [3.8, 4) is 0 Å². The van der Waals surface area contributed by atoms with Crippen LogP contribution in [0.25, 0.3) is 0 Å². The standard InChI is InChI=1S/C12H18ClNO2/c1-3-5-8-14(4-2)12(15)11-7-6-10(9-13)16-11/h6-7H,3-5,8-9H2,1-2H3. The Morgan fingerprint density at radius 1 is 1.44 bits per heavy atom. The lowest BCUT2D eigenvalue weighted by Gasteiger charge is -2.18. The zero-order valence-corrected chi connectivity index (χ0v) is 10.6. The molecule has 1 rings (SSSR count). The Balaban J connectivity index is 2.66. The van der Waals surface area contributed by atoms with Crippen LogP contribution in [0.4, 0.5) is 0 Å². The van der Waals surface area contributed by atoms with Crippen LogP contribution in [0.3, 0.4) is 0 Å². The smallest absolute Gasteiger partial charge is 0.289 e. The second-order valence-electron chi connectivity index (χ2n) is 3.64. The van der Waals surface area contributed by atoms with Crippen molar-refractivity contribution in [3.05, 3.63) is 23.7 Å². The molecule has 0 fully saturated rings. The number of halogens is 1. The van der Waals surface area contributed by atoms with Gasteiger partial charge in [-0.3, -0.25) is 4.79 Å². The molecule has 0 atom stereocenters. The third kappa shape index (κ3) is 3.27. The molecule has 0 bridgehead atoms. The molecule has 1 amide bonds. The molecule has 0 N–H and O–H groups in total. The number of hydrogen-bond acceptors (Lipinski definition) is 2. The summed E-state index contributed by atoms with van der Waals surface area (Å²) in [7, 11) is 0. The molecule has 1 aromatic rings. The Bertz CT molecular complexity index is 336.